The second-order valence-electron chi connectivity index (χ2n) is 7.88. The van der Waals surface area contributed by atoms with Gasteiger partial charge in [-0.25, -0.2) is 4.39 Å². The maximum Gasteiger partial charge on any atom is 0.231 e. The molecule has 5 nitrogen and oxygen atoms in total. The van der Waals surface area contributed by atoms with Gasteiger partial charge in [0.15, 0.2) is 5.76 Å². The van der Waals surface area contributed by atoms with E-state index in [-0.39, 0.29) is 18.1 Å². The van der Waals surface area contributed by atoms with E-state index in [1.54, 1.807) is 37.5 Å². The Labute approximate surface area is 200 Å². The van der Waals surface area contributed by atoms with Crippen LogP contribution in [0.5, 0.6) is 17.2 Å². The third-order valence-corrected chi connectivity index (χ3v) is 6.15. The fourth-order valence-electron chi connectivity index (χ4n) is 4.01. The Morgan fingerprint density at radius 1 is 1.09 bits per heavy atom. The van der Waals surface area contributed by atoms with Gasteiger partial charge in [0.25, 0.3) is 0 Å². The van der Waals surface area contributed by atoms with E-state index in [0.717, 1.165) is 28.8 Å². The standard InChI is InChI=1S/C27H21ClFNO4/c1-3-30-14-17(22-12-19(32-2)7-9-24(22)30)10-26-27(31)21-8-6-20(13-25(21)34-26)33-15-16-4-5-18(29)11-23(16)28/h4-14H,3,15H2,1-2H3/b26-10-. The molecule has 0 fully saturated rings. The smallest absolute Gasteiger partial charge is 0.231 e. The van der Waals surface area contributed by atoms with Gasteiger partial charge < -0.3 is 18.8 Å². The van der Waals surface area contributed by atoms with Crippen LogP contribution in [0.15, 0.2) is 66.6 Å². The number of carbonyl (C=O) groups excluding carboxylic acids is 1. The number of hydrogen-bond donors (Lipinski definition) is 0. The van der Waals surface area contributed by atoms with Crippen LogP contribution in [0.4, 0.5) is 4.39 Å². The average Bonchev–Trinajstić information content (AvgIpc) is 3.34. The Morgan fingerprint density at radius 2 is 1.91 bits per heavy atom. The number of ether oxygens (including phenoxy) is 3. The van der Waals surface area contributed by atoms with E-state index in [2.05, 4.69) is 11.5 Å². The molecule has 0 saturated heterocycles. The molecule has 0 aliphatic carbocycles. The molecule has 0 N–H and O–H groups in total. The van der Waals surface area contributed by atoms with Crippen molar-refractivity contribution in [3.8, 4) is 17.2 Å². The number of halogens is 2. The summed E-state index contributed by atoms with van der Waals surface area (Å²) in [6.07, 6.45) is 3.76. The number of hydrogen-bond acceptors (Lipinski definition) is 4. The zero-order valence-corrected chi connectivity index (χ0v) is 19.4. The van der Waals surface area contributed by atoms with Gasteiger partial charge in [-0.05, 0) is 55.5 Å². The third kappa shape index (κ3) is 4.01. The molecule has 1 aliphatic rings. The maximum atomic E-state index is 13.2. The van der Waals surface area contributed by atoms with E-state index < -0.39 is 5.82 Å². The largest absolute Gasteiger partial charge is 0.497 e. The van der Waals surface area contributed by atoms with Gasteiger partial charge >= 0.3 is 0 Å². The Hall–Kier alpha value is -3.77. The van der Waals surface area contributed by atoms with Crippen molar-refractivity contribution in [1.29, 1.82) is 0 Å². The molecule has 4 aromatic rings. The topological polar surface area (TPSA) is 49.7 Å². The number of ketones is 1. The number of methoxy groups -OCH3 is 1. The lowest BCUT2D eigenvalue weighted by atomic mass is 10.1. The highest BCUT2D eigenvalue weighted by atomic mass is 35.5. The monoisotopic (exact) mass is 477 g/mol. The molecule has 3 aromatic carbocycles. The number of aryl methyl sites for hydroxylation is 1. The molecule has 0 unspecified atom stereocenters. The van der Waals surface area contributed by atoms with Gasteiger partial charge in [-0.2, -0.15) is 0 Å². The molecule has 0 bridgehead atoms. The number of fused-ring (bicyclic) bond motifs is 2. The van der Waals surface area contributed by atoms with Crippen LogP contribution in [0, 0.1) is 5.82 Å². The number of Topliss-reactive ketones (excluding diaryl/α,β-unsaturated/α-hetero) is 1. The number of benzene rings is 3. The zero-order valence-electron chi connectivity index (χ0n) is 18.6. The highest BCUT2D eigenvalue weighted by Crippen LogP contribution is 2.36. The Kier molecular flexibility index (Phi) is 5.75. The van der Waals surface area contributed by atoms with Gasteiger partial charge in [-0.15, -0.1) is 0 Å². The zero-order chi connectivity index (χ0) is 23.8. The van der Waals surface area contributed by atoms with Crippen molar-refractivity contribution in [1.82, 2.24) is 4.57 Å². The van der Waals surface area contributed by atoms with Crippen LogP contribution >= 0.6 is 11.6 Å². The molecule has 34 heavy (non-hydrogen) atoms. The summed E-state index contributed by atoms with van der Waals surface area (Å²) in [5.74, 6) is 1.33. The summed E-state index contributed by atoms with van der Waals surface area (Å²) in [7, 11) is 1.63. The number of nitrogens with zero attached hydrogens (tertiary/aromatic N) is 1. The van der Waals surface area contributed by atoms with E-state index in [0.29, 0.717) is 27.6 Å². The Bertz CT molecular complexity index is 1460. The second kappa shape index (κ2) is 8.88. The normalized spacial score (nSPS) is 13.9. The molecule has 0 spiro atoms. The lowest BCUT2D eigenvalue weighted by molar-refractivity contribution is 0.101. The van der Waals surface area contributed by atoms with Gasteiger partial charge in [0.2, 0.25) is 5.78 Å². The van der Waals surface area contributed by atoms with Crippen molar-refractivity contribution in [2.45, 2.75) is 20.1 Å². The lowest BCUT2D eigenvalue weighted by Crippen LogP contribution is -1.98. The minimum atomic E-state index is -0.405. The summed E-state index contributed by atoms with van der Waals surface area (Å²) >= 11 is 6.07. The van der Waals surface area contributed by atoms with Crippen LogP contribution in [-0.4, -0.2) is 17.5 Å². The van der Waals surface area contributed by atoms with E-state index in [9.17, 15) is 9.18 Å². The number of aromatic nitrogens is 1. The molecule has 0 radical (unpaired) electrons. The fourth-order valence-corrected chi connectivity index (χ4v) is 4.23. The minimum absolute atomic E-state index is 0.160. The molecule has 1 aliphatic heterocycles. The quantitative estimate of drug-likeness (QED) is 0.291. The van der Waals surface area contributed by atoms with Crippen molar-refractivity contribution in [3.63, 3.8) is 0 Å². The molecule has 1 aromatic heterocycles. The third-order valence-electron chi connectivity index (χ3n) is 5.80. The van der Waals surface area contributed by atoms with E-state index in [4.69, 9.17) is 25.8 Å². The predicted molar refractivity (Wildman–Crippen MR) is 129 cm³/mol. The molecule has 5 rings (SSSR count). The first-order valence-electron chi connectivity index (χ1n) is 10.8. The average molecular weight is 478 g/mol. The SMILES string of the molecule is CCn1cc(/C=C2\Oc3cc(OCc4ccc(F)cc4Cl)ccc3C2=O)c2cc(OC)ccc21. The molecule has 0 atom stereocenters. The Morgan fingerprint density at radius 3 is 2.68 bits per heavy atom. The first-order valence-corrected chi connectivity index (χ1v) is 11.2. The van der Waals surface area contributed by atoms with E-state index in [1.807, 2.05) is 24.4 Å². The van der Waals surface area contributed by atoms with Crippen LogP contribution in [0.2, 0.25) is 5.02 Å². The first kappa shape index (κ1) is 22.0. The molecule has 2 heterocycles. The molecule has 0 amide bonds. The number of allylic oxidation sites excluding steroid dienone is 1. The van der Waals surface area contributed by atoms with Crippen molar-refractivity contribution in [2.75, 3.05) is 7.11 Å². The molecular weight excluding hydrogens is 457 g/mol. The van der Waals surface area contributed by atoms with Crippen LogP contribution < -0.4 is 14.2 Å². The van der Waals surface area contributed by atoms with Crippen LogP contribution in [-0.2, 0) is 13.2 Å². The van der Waals surface area contributed by atoms with Crippen LogP contribution in [0.1, 0.15) is 28.4 Å². The van der Waals surface area contributed by atoms with Crippen molar-refractivity contribution < 1.29 is 23.4 Å². The Balaban J connectivity index is 1.41. The number of carbonyl (C=O) groups is 1. The lowest BCUT2D eigenvalue weighted by Gasteiger charge is -2.08. The molecule has 7 heteroatoms. The van der Waals surface area contributed by atoms with Gasteiger partial charge in [0.1, 0.15) is 29.7 Å². The van der Waals surface area contributed by atoms with E-state index >= 15 is 0 Å². The highest BCUT2D eigenvalue weighted by Gasteiger charge is 2.28. The summed E-state index contributed by atoms with van der Waals surface area (Å²) in [5.41, 5.74) is 3.04. The summed E-state index contributed by atoms with van der Waals surface area (Å²) in [6.45, 7) is 3.01. The summed E-state index contributed by atoms with van der Waals surface area (Å²) < 4.78 is 32.4. The fraction of sp³-hybridized carbons (Fsp3) is 0.148. The van der Waals surface area contributed by atoms with Gasteiger partial charge in [-0.3, -0.25) is 4.79 Å². The summed E-state index contributed by atoms with van der Waals surface area (Å²) in [4.78, 5) is 13.0. The van der Waals surface area contributed by atoms with Crippen molar-refractivity contribution >= 4 is 34.4 Å². The predicted octanol–water partition coefficient (Wildman–Crippen LogP) is 6.66. The van der Waals surface area contributed by atoms with Crippen molar-refractivity contribution in [2.24, 2.45) is 0 Å². The van der Waals surface area contributed by atoms with Gasteiger partial charge in [0.05, 0.1) is 17.7 Å². The molecule has 0 saturated carbocycles. The summed E-state index contributed by atoms with van der Waals surface area (Å²) in [6, 6.07) is 15.1. The first-order chi connectivity index (χ1) is 16.5. The van der Waals surface area contributed by atoms with Gasteiger partial charge in [-0.1, -0.05) is 17.7 Å². The van der Waals surface area contributed by atoms with Gasteiger partial charge in [0, 0.05) is 40.8 Å². The second-order valence-corrected chi connectivity index (χ2v) is 8.28. The number of rotatable bonds is 6. The summed E-state index contributed by atoms with van der Waals surface area (Å²) in [5, 5.41) is 1.27. The minimum Gasteiger partial charge on any atom is -0.497 e. The highest BCUT2D eigenvalue weighted by molar-refractivity contribution is 6.31. The maximum absolute atomic E-state index is 13.2. The molecule has 172 valence electrons. The van der Waals surface area contributed by atoms with Crippen molar-refractivity contribution in [3.05, 3.63) is 94.1 Å². The van der Waals surface area contributed by atoms with Crippen LogP contribution in [0.25, 0.3) is 17.0 Å². The molecular formula is C27H21ClFNO4. The van der Waals surface area contributed by atoms with E-state index in [1.165, 1.54) is 12.1 Å². The van der Waals surface area contributed by atoms with Crippen LogP contribution in [0.3, 0.4) is 0 Å².